The monoisotopic (exact) mass is 339 g/mol. The molecule has 7 heteroatoms. The Balaban J connectivity index is -0.000000253. The minimum Gasteiger partial charge on any atom is -0.478 e. The molecule has 134 valence electrons. The molecule has 0 spiro atoms. The zero-order chi connectivity index (χ0) is 19.5. The third kappa shape index (κ3) is 24.3. The van der Waals surface area contributed by atoms with Gasteiger partial charge in [0.25, 0.3) is 0 Å². The van der Waals surface area contributed by atoms with Gasteiger partial charge in [0.2, 0.25) is 0 Å². The predicted molar refractivity (Wildman–Crippen MR) is 93.4 cm³/mol. The third-order valence-corrected chi connectivity index (χ3v) is 1.77. The first-order valence-electron chi connectivity index (χ1n) is 6.65. The first kappa shape index (κ1) is 26.1. The van der Waals surface area contributed by atoms with Gasteiger partial charge in [-0.15, -0.1) is 0 Å². The first-order valence-corrected chi connectivity index (χ1v) is 6.65. The van der Waals surface area contributed by atoms with Crippen molar-refractivity contribution in [1.29, 1.82) is 0 Å². The van der Waals surface area contributed by atoms with Crippen molar-refractivity contribution in [3.05, 3.63) is 61.0 Å². The largest absolute Gasteiger partial charge is 0.478 e. The summed E-state index contributed by atoms with van der Waals surface area (Å²) in [5.74, 6) is -1.87. The Morgan fingerprint density at radius 3 is 1.42 bits per heavy atom. The van der Waals surface area contributed by atoms with Crippen molar-refractivity contribution in [2.45, 2.75) is 13.8 Å². The quantitative estimate of drug-likeness (QED) is 0.618. The lowest BCUT2D eigenvalue weighted by atomic mass is 10.3. The lowest BCUT2D eigenvalue weighted by molar-refractivity contribution is -0.133. The summed E-state index contributed by atoms with van der Waals surface area (Å²) in [6.07, 6.45) is 5.29. The fraction of sp³-hybridized carbons (Fsp3) is 0.235. The lowest BCUT2D eigenvalue weighted by Gasteiger charge is -1.84. The number of carboxylic acid groups (broad SMARTS) is 2. The number of aliphatic carboxylic acids is 2. The molecule has 0 aliphatic carbocycles. The molecule has 0 aliphatic rings. The Morgan fingerprint density at radius 2 is 1.29 bits per heavy atom. The molecular formula is C17H25NO6. The van der Waals surface area contributed by atoms with Crippen LogP contribution in [0.3, 0.4) is 0 Å². The molecule has 1 heterocycles. The third-order valence-electron chi connectivity index (χ3n) is 1.77. The smallest absolute Gasteiger partial charge is 0.330 e. The van der Waals surface area contributed by atoms with Crippen molar-refractivity contribution in [1.82, 2.24) is 4.98 Å². The van der Waals surface area contributed by atoms with Crippen molar-refractivity contribution in [2.75, 3.05) is 13.2 Å². The number of hydrogen-bond donors (Lipinski definition) is 4. The van der Waals surface area contributed by atoms with Gasteiger partial charge in [0.1, 0.15) is 0 Å². The van der Waals surface area contributed by atoms with Crippen LogP contribution in [0.1, 0.15) is 19.4 Å². The van der Waals surface area contributed by atoms with Gasteiger partial charge in [-0.05, 0) is 31.5 Å². The molecule has 0 saturated heterocycles. The second-order valence-corrected chi connectivity index (χ2v) is 4.10. The number of pyridine rings is 1. The van der Waals surface area contributed by atoms with Crippen LogP contribution in [-0.4, -0.2) is 50.6 Å². The van der Waals surface area contributed by atoms with Crippen LogP contribution in [0.2, 0.25) is 0 Å². The number of hydrogen-bond acceptors (Lipinski definition) is 5. The molecule has 0 saturated carbocycles. The van der Waals surface area contributed by atoms with E-state index in [9.17, 15) is 9.59 Å². The van der Waals surface area contributed by atoms with Gasteiger partial charge in [-0.25, -0.2) is 9.59 Å². The Kier molecular flexibility index (Phi) is 19.9. The van der Waals surface area contributed by atoms with E-state index >= 15 is 0 Å². The summed E-state index contributed by atoms with van der Waals surface area (Å²) in [5.41, 5.74) is 1.46. The lowest BCUT2D eigenvalue weighted by Crippen LogP contribution is -1.92. The number of nitrogens with zero attached hydrogens (tertiary/aromatic N) is 1. The molecule has 0 amide bonds. The van der Waals surface area contributed by atoms with E-state index < -0.39 is 11.9 Å². The van der Waals surface area contributed by atoms with Crippen LogP contribution < -0.4 is 0 Å². The number of carboxylic acids is 2. The first-order chi connectivity index (χ1) is 11.1. The van der Waals surface area contributed by atoms with E-state index in [0.29, 0.717) is 0 Å². The zero-order valence-corrected chi connectivity index (χ0v) is 14.0. The summed E-state index contributed by atoms with van der Waals surface area (Å²) in [7, 11) is 0. The highest BCUT2D eigenvalue weighted by Crippen LogP contribution is 1.95. The van der Waals surface area contributed by atoms with Gasteiger partial charge in [-0.3, -0.25) is 4.98 Å². The molecule has 0 fully saturated rings. The molecule has 0 bridgehead atoms. The van der Waals surface area contributed by atoms with Crippen LogP contribution in [0, 0.1) is 0 Å². The van der Waals surface area contributed by atoms with Gasteiger partial charge < -0.3 is 20.4 Å². The van der Waals surface area contributed by atoms with Crippen molar-refractivity contribution in [2.24, 2.45) is 0 Å². The number of aromatic nitrogens is 1. The predicted octanol–water partition coefficient (Wildman–Crippen LogP) is 1.99. The van der Waals surface area contributed by atoms with Gasteiger partial charge >= 0.3 is 11.9 Å². The Morgan fingerprint density at radius 1 is 1.00 bits per heavy atom. The summed E-state index contributed by atoms with van der Waals surface area (Å²) in [6, 6.07) is 3.82. The molecule has 0 radical (unpaired) electrons. The fourth-order valence-corrected chi connectivity index (χ4v) is 0.500. The van der Waals surface area contributed by atoms with Gasteiger partial charge in [0.15, 0.2) is 0 Å². The molecule has 1 aromatic rings. The van der Waals surface area contributed by atoms with Gasteiger partial charge in [-0.2, -0.15) is 0 Å². The maximum absolute atomic E-state index is 9.60. The van der Waals surface area contributed by atoms with E-state index in [0.717, 1.165) is 5.56 Å². The molecule has 0 unspecified atom stereocenters. The van der Waals surface area contributed by atoms with Crippen molar-refractivity contribution in [3.8, 4) is 0 Å². The van der Waals surface area contributed by atoms with Crippen molar-refractivity contribution in [3.63, 3.8) is 0 Å². The van der Waals surface area contributed by atoms with E-state index in [1.54, 1.807) is 18.5 Å². The summed E-state index contributed by atoms with van der Waals surface area (Å²) in [6.45, 7) is 12.6. The molecule has 0 aromatic carbocycles. The average Bonchev–Trinajstić information content (AvgIpc) is 2.56. The maximum atomic E-state index is 9.60. The molecule has 1 rings (SSSR count). The SMILES string of the molecule is C=C(C)C(=O)O.C=C(C)C(=O)O.C=Cc1ccncc1.OCCO. The van der Waals surface area contributed by atoms with E-state index in [2.05, 4.69) is 24.7 Å². The topological polar surface area (TPSA) is 128 Å². The second-order valence-electron chi connectivity index (χ2n) is 4.10. The van der Waals surface area contributed by atoms with Crippen LogP contribution in [0.5, 0.6) is 0 Å². The van der Waals surface area contributed by atoms with E-state index in [4.69, 9.17) is 20.4 Å². The van der Waals surface area contributed by atoms with Crippen LogP contribution in [0.15, 0.2) is 55.4 Å². The molecule has 0 aliphatic heterocycles. The van der Waals surface area contributed by atoms with Crippen LogP contribution in [-0.2, 0) is 9.59 Å². The standard InChI is InChI=1S/C7H7N.2C4H6O2.C2H6O2/c1-2-7-3-5-8-6-4-7;2*1-3(2)4(5)6;3-1-2-4/h2-6H,1H2;2*1H2,2H3,(H,5,6);3-4H,1-2H2. The zero-order valence-electron chi connectivity index (χ0n) is 14.0. The fourth-order valence-electron chi connectivity index (χ4n) is 0.500. The number of aliphatic hydroxyl groups excluding tert-OH is 2. The Labute approximate surface area is 141 Å². The highest BCUT2D eigenvalue weighted by molar-refractivity contribution is 5.85. The van der Waals surface area contributed by atoms with Gasteiger partial charge in [-0.1, -0.05) is 25.8 Å². The summed E-state index contributed by atoms with van der Waals surface area (Å²) in [5, 5.41) is 31.0. The average molecular weight is 339 g/mol. The molecule has 4 N–H and O–H groups in total. The number of rotatable bonds is 4. The molecule has 7 nitrogen and oxygen atoms in total. The summed E-state index contributed by atoms with van der Waals surface area (Å²) < 4.78 is 0. The Bertz CT molecular complexity index is 461. The van der Waals surface area contributed by atoms with Gasteiger partial charge in [0, 0.05) is 23.5 Å². The van der Waals surface area contributed by atoms with Crippen LogP contribution >= 0.6 is 0 Å². The highest BCUT2D eigenvalue weighted by atomic mass is 16.4. The Hall–Kier alpha value is -2.77. The minimum absolute atomic E-state index is 0.125. The second kappa shape index (κ2) is 18.3. The molecular weight excluding hydrogens is 314 g/mol. The van der Waals surface area contributed by atoms with Crippen molar-refractivity contribution < 1.29 is 30.0 Å². The van der Waals surface area contributed by atoms with Crippen molar-refractivity contribution >= 4 is 18.0 Å². The highest BCUT2D eigenvalue weighted by Gasteiger charge is 1.90. The van der Waals surface area contributed by atoms with E-state index in [-0.39, 0.29) is 24.4 Å². The molecule has 1 aromatic heterocycles. The van der Waals surface area contributed by atoms with Crippen LogP contribution in [0.4, 0.5) is 0 Å². The molecule has 0 atom stereocenters. The van der Waals surface area contributed by atoms with Gasteiger partial charge in [0.05, 0.1) is 13.2 Å². The maximum Gasteiger partial charge on any atom is 0.330 e. The number of carbonyl (C=O) groups is 2. The normalized spacial score (nSPS) is 7.83. The van der Waals surface area contributed by atoms with E-state index in [1.165, 1.54) is 13.8 Å². The van der Waals surface area contributed by atoms with Crippen LogP contribution in [0.25, 0.3) is 6.08 Å². The molecule has 24 heavy (non-hydrogen) atoms. The number of aliphatic hydroxyl groups is 2. The minimum atomic E-state index is -0.935. The summed E-state index contributed by atoms with van der Waals surface area (Å²) in [4.78, 5) is 23.0. The van der Waals surface area contributed by atoms with E-state index in [1.807, 2.05) is 12.1 Å². The summed E-state index contributed by atoms with van der Waals surface area (Å²) >= 11 is 0.